The molecule has 3 amide bonds. The summed E-state index contributed by atoms with van der Waals surface area (Å²) in [4.78, 5) is 25.1. The van der Waals surface area contributed by atoms with Crippen LogP contribution in [0.25, 0.3) is 0 Å². The fraction of sp³-hybridized carbons (Fsp3) is 0.467. The lowest BCUT2D eigenvalue weighted by molar-refractivity contribution is -0.123. The number of nitrogens with one attached hydrogen (secondary N) is 2. The fourth-order valence-corrected chi connectivity index (χ4v) is 2.40. The number of alkyl halides is 3. The lowest BCUT2D eigenvalue weighted by Gasteiger charge is -2.31. The van der Waals surface area contributed by atoms with Crippen molar-refractivity contribution < 1.29 is 22.8 Å². The standard InChI is InChI=1S/C15H18F3N3O2/c16-15(17,18)10-19-14(23)21-8-6-11(7-9-21)13(22)20-12-4-2-1-3-5-12/h1-5,11H,6-10H2,(H,19,23)(H,20,22). The molecule has 0 spiro atoms. The number of carbonyl (C=O) groups is 2. The van der Waals surface area contributed by atoms with Gasteiger partial charge < -0.3 is 15.5 Å². The van der Waals surface area contributed by atoms with Gasteiger partial charge in [-0.2, -0.15) is 13.2 Å². The number of halogens is 3. The highest BCUT2D eigenvalue weighted by Gasteiger charge is 2.31. The van der Waals surface area contributed by atoms with Gasteiger partial charge in [0.15, 0.2) is 0 Å². The Hall–Kier alpha value is -2.25. The van der Waals surface area contributed by atoms with Crippen LogP contribution >= 0.6 is 0 Å². The van der Waals surface area contributed by atoms with Crippen molar-refractivity contribution in [3.05, 3.63) is 30.3 Å². The van der Waals surface area contributed by atoms with Crippen LogP contribution in [0.15, 0.2) is 30.3 Å². The number of hydrogen-bond acceptors (Lipinski definition) is 2. The van der Waals surface area contributed by atoms with Crippen LogP contribution < -0.4 is 10.6 Å². The summed E-state index contributed by atoms with van der Waals surface area (Å²) in [5, 5.41) is 4.63. The van der Waals surface area contributed by atoms with E-state index in [1.807, 2.05) is 23.5 Å². The Bertz CT molecular complexity index is 541. The van der Waals surface area contributed by atoms with Crippen LogP contribution in [-0.4, -0.2) is 42.6 Å². The number of likely N-dealkylation sites (tertiary alicyclic amines) is 1. The minimum atomic E-state index is -4.43. The van der Waals surface area contributed by atoms with Crippen molar-refractivity contribution in [1.82, 2.24) is 10.2 Å². The summed E-state index contributed by atoms with van der Waals surface area (Å²) in [7, 11) is 0. The van der Waals surface area contributed by atoms with Gasteiger partial charge >= 0.3 is 12.2 Å². The van der Waals surface area contributed by atoms with Crippen LogP contribution in [0.5, 0.6) is 0 Å². The third kappa shape index (κ3) is 5.46. The molecule has 2 rings (SSSR count). The first-order valence-corrected chi connectivity index (χ1v) is 7.30. The molecule has 0 unspecified atom stereocenters. The first-order valence-electron chi connectivity index (χ1n) is 7.30. The number of urea groups is 1. The highest BCUT2D eigenvalue weighted by Crippen LogP contribution is 2.20. The number of piperidine rings is 1. The Morgan fingerprint density at radius 1 is 1.13 bits per heavy atom. The Balaban J connectivity index is 1.77. The van der Waals surface area contributed by atoms with Crippen LogP contribution in [0, 0.1) is 5.92 Å². The number of carbonyl (C=O) groups excluding carboxylic acids is 2. The fourth-order valence-electron chi connectivity index (χ4n) is 2.40. The van der Waals surface area contributed by atoms with Crippen LogP contribution in [0.2, 0.25) is 0 Å². The molecule has 0 radical (unpaired) electrons. The van der Waals surface area contributed by atoms with E-state index in [0.717, 1.165) is 0 Å². The zero-order valence-corrected chi connectivity index (χ0v) is 12.4. The van der Waals surface area contributed by atoms with Gasteiger partial charge in [0.25, 0.3) is 0 Å². The SMILES string of the molecule is O=C(Nc1ccccc1)C1CCN(C(=O)NCC(F)(F)F)CC1. The molecular weight excluding hydrogens is 311 g/mol. The molecule has 0 bridgehead atoms. The number of anilines is 1. The van der Waals surface area contributed by atoms with Gasteiger partial charge in [-0.05, 0) is 25.0 Å². The van der Waals surface area contributed by atoms with Gasteiger partial charge in [-0.3, -0.25) is 4.79 Å². The molecule has 5 nitrogen and oxygen atoms in total. The lowest BCUT2D eigenvalue weighted by atomic mass is 9.96. The van der Waals surface area contributed by atoms with Crippen molar-refractivity contribution in [2.45, 2.75) is 19.0 Å². The molecule has 23 heavy (non-hydrogen) atoms. The maximum absolute atomic E-state index is 12.1. The van der Waals surface area contributed by atoms with E-state index in [-0.39, 0.29) is 24.9 Å². The first-order chi connectivity index (χ1) is 10.8. The van der Waals surface area contributed by atoms with Crippen molar-refractivity contribution in [3.8, 4) is 0 Å². The average Bonchev–Trinajstić information content (AvgIpc) is 2.53. The number of para-hydroxylation sites is 1. The quantitative estimate of drug-likeness (QED) is 0.895. The Labute approximate surface area is 131 Å². The van der Waals surface area contributed by atoms with Crippen molar-refractivity contribution in [2.75, 3.05) is 25.0 Å². The molecule has 8 heteroatoms. The number of benzene rings is 1. The summed E-state index contributed by atoms with van der Waals surface area (Å²) < 4.78 is 36.2. The molecule has 0 aromatic heterocycles. The van der Waals surface area contributed by atoms with Crippen molar-refractivity contribution in [1.29, 1.82) is 0 Å². The second-order valence-electron chi connectivity index (χ2n) is 5.39. The topological polar surface area (TPSA) is 61.4 Å². The Kier molecular flexibility index (Phi) is 5.46. The molecule has 1 aromatic carbocycles. The molecule has 2 N–H and O–H groups in total. The van der Waals surface area contributed by atoms with Gasteiger partial charge in [0.1, 0.15) is 6.54 Å². The summed E-state index contributed by atoms with van der Waals surface area (Å²) in [6.07, 6.45) is -3.57. The number of hydrogen-bond donors (Lipinski definition) is 2. The zero-order valence-electron chi connectivity index (χ0n) is 12.4. The van der Waals surface area contributed by atoms with Gasteiger partial charge in [0.05, 0.1) is 0 Å². The minimum Gasteiger partial charge on any atom is -0.329 e. The first kappa shape index (κ1) is 17.1. The molecule has 1 aromatic rings. The van der Waals surface area contributed by atoms with Gasteiger partial charge in [0.2, 0.25) is 5.91 Å². The largest absolute Gasteiger partial charge is 0.405 e. The maximum atomic E-state index is 12.1. The van der Waals surface area contributed by atoms with Crippen molar-refractivity contribution in [3.63, 3.8) is 0 Å². The third-order valence-corrected chi connectivity index (χ3v) is 3.63. The second-order valence-corrected chi connectivity index (χ2v) is 5.39. The molecule has 1 heterocycles. The van der Waals surface area contributed by atoms with E-state index in [0.29, 0.717) is 18.5 Å². The van der Waals surface area contributed by atoms with Crippen LogP contribution in [-0.2, 0) is 4.79 Å². The van der Waals surface area contributed by atoms with Gasteiger partial charge in [0, 0.05) is 24.7 Å². The second kappa shape index (κ2) is 7.34. The summed E-state index contributed by atoms with van der Waals surface area (Å²) >= 11 is 0. The molecule has 0 atom stereocenters. The summed E-state index contributed by atoms with van der Waals surface area (Å²) in [6, 6.07) is 8.26. The monoisotopic (exact) mass is 329 g/mol. The molecule has 0 aliphatic carbocycles. The maximum Gasteiger partial charge on any atom is 0.405 e. The van der Waals surface area contributed by atoms with Gasteiger partial charge in [-0.25, -0.2) is 4.79 Å². The van der Waals surface area contributed by atoms with Crippen molar-refractivity contribution >= 4 is 17.6 Å². The molecule has 1 aliphatic heterocycles. The highest BCUT2D eigenvalue weighted by molar-refractivity contribution is 5.92. The minimum absolute atomic E-state index is 0.133. The van der Waals surface area contributed by atoms with Crippen molar-refractivity contribution in [2.24, 2.45) is 5.92 Å². The predicted octanol–water partition coefficient (Wildman–Crippen LogP) is 2.61. The van der Waals surface area contributed by atoms with E-state index in [1.54, 1.807) is 12.1 Å². The zero-order chi connectivity index (χ0) is 16.9. The molecule has 1 aliphatic rings. The van der Waals surface area contributed by atoms with Crippen LogP contribution in [0.1, 0.15) is 12.8 Å². The lowest BCUT2D eigenvalue weighted by Crippen LogP contribution is -2.48. The van der Waals surface area contributed by atoms with Crippen LogP contribution in [0.4, 0.5) is 23.7 Å². The molecule has 1 fully saturated rings. The number of rotatable bonds is 3. The highest BCUT2D eigenvalue weighted by atomic mass is 19.4. The molecular formula is C15H18F3N3O2. The average molecular weight is 329 g/mol. The predicted molar refractivity (Wildman–Crippen MR) is 78.8 cm³/mol. The third-order valence-electron chi connectivity index (χ3n) is 3.63. The molecule has 0 saturated carbocycles. The Morgan fingerprint density at radius 2 is 1.74 bits per heavy atom. The van der Waals surface area contributed by atoms with E-state index in [9.17, 15) is 22.8 Å². The van der Waals surface area contributed by atoms with E-state index in [1.165, 1.54) is 4.90 Å². The van der Waals surface area contributed by atoms with E-state index < -0.39 is 18.8 Å². The van der Waals surface area contributed by atoms with E-state index in [2.05, 4.69) is 5.32 Å². The molecule has 126 valence electrons. The smallest absolute Gasteiger partial charge is 0.329 e. The normalized spacial score (nSPS) is 16.0. The van der Waals surface area contributed by atoms with E-state index in [4.69, 9.17) is 0 Å². The van der Waals surface area contributed by atoms with Gasteiger partial charge in [-0.1, -0.05) is 18.2 Å². The van der Waals surface area contributed by atoms with Crippen LogP contribution in [0.3, 0.4) is 0 Å². The molecule has 1 saturated heterocycles. The number of amides is 3. The summed E-state index contributed by atoms with van der Waals surface area (Å²) in [5.74, 6) is -0.381. The summed E-state index contributed by atoms with van der Waals surface area (Å²) in [6.45, 7) is -0.826. The number of nitrogens with zero attached hydrogens (tertiary/aromatic N) is 1. The van der Waals surface area contributed by atoms with Gasteiger partial charge in [-0.15, -0.1) is 0 Å². The van der Waals surface area contributed by atoms with E-state index >= 15 is 0 Å². The Morgan fingerprint density at radius 3 is 2.30 bits per heavy atom. The summed E-state index contributed by atoms with van der Waals surface area (Å²) in [5.41, 5.74) is 0.697.